The first-order chi connectivity index (χ1) is 7.71. The lowest BCUT2D eigenvalue weighted by atomic mass is 10.0. The molecule has 0 saturated carbocycles. The third-order valence-electron chi connectivity index (χ3n) is 2.99. The van der Waals surface area contributed by atoms with E-state index in [-0.39, 0.29) is 0 Å². The summed E-state index contributed by atoms with van der Waals surface area (Å²) in [4.78, 5) is 0. The molecule has 90 valence electrons. The lowest BCUT2D eigenvalue weighted by Crippen LogP contribution is -2.13. The highest BCUT2D eigenvalue weighted by molar-refractivity contribution is 5.68. The van der Waals surface area contributed by atoms with Gasteiger partial charge in [0.25, 0.3) is 0 Å². The van der Waals surface area contributed by atoms with Crippen LogP contribution < -0.4 is 15.8 Å². The van der Waals surface area contributed by atoms with Crippen molar-refractivity contribution in [3.8, 4) is 5.75 Å². The molecule has 1 rings (SSSR count). The molecule has 0 saturated heterocycles. The number of benzene rings is 1. The average Bonchev–Trinajstić information content (AvgIpc) is 2.32. The number of nitrogen functional groups attached to an aromatic ring is 1. The van der Waals surface area contributed by atoms with Gasteiger partial charge < -0.3 is 15.8 Å². The Hall–Kier alpha value is -1.38. The van der Waals surface area contributed by atoms with Crippen molar-refractivity contribution in [3.63, 3.8) is 0 Å². The van der Waals surface area contributed by atoms with Gasteiger partial charge in [-0.1, -0.05) is 26.7 Å². The average molecular weight is 222 g/mol. The van der Waals surface area contributed by atoms with Gasteiger partial charge in [-0.05, 0) is 18.1 Å². The molecule has 0 aromatic heterocycles. The van der Waals surface area contributed by atoms with Crippen LogP contribution in [0, 0.1) is 5.92 Å². The van der Waals surface area contributed by atoms with Gasteiger partial charge in [-0.3, -0.25) is 0 Å². The normalized spacial score (nSPS) is 10.5. The second kappa shape index (κ2) is 6.26. The smallest absolute Gasteiger partial charge is 0.121 e. The Morgan fingerprint density at radius 1 is 1.31 bits per heavy atom. The minimum Gasteiger partial charge on any atom is -0.497 e. The van der Waals surface area contributed by atoms with E-state index in [1.54, 1.807) is 7.11 Å². The number of nitrogens with two attached hydrogens (primary N) is 1. The minimum absolute atomic E-state index is 0.710. The van der Waals surface area contributed by atoms with Gasteiger partial charge in [-0.2, -0.15) is 0 Å². The van der Waals surface area contributed by atoms with Crippen molar-refractivity contribution >= 4 is 11.4 Å². The fraction of sp³-hybridized carbons (Fsp3) is 0.538. The van der Waals surface area contributed by atoms with E-state index in [9.17, 15) is 0 Å². The topological polar surface area (TPSA) is 47.3 Å². The number of methoxy groups -OCH3 is 1. The lowest BCUT2D eigenvalue weighted by molar-refractivity contribution is 0.415. The molecule has 0 fully saturated rings. The van der Waals surface area contributed by atoms with Crippen LogP contribution in [0.3, 0.4) is 0 Å². The van der Waals surface area contributed by atoms with Crippen molar-refractivity contribution < 1.29 is 4.74 Å². The predicted octanol–water partition coefficient (Wildman–Crippen LogP) is 3.13. The largest absolute Gasteiger partial charge is 0.497 e. The SMILES string of the molecule is CCC(CC)CNc1ccc(OC)cc1N. The third-order valence-corrected chi connectivity index (χ3v) is 2.99. The predicted molar refractivity (Wildman–Crippen MR) is 70.0 cm³/mol. The highest BCUT2D eigenvalue weighted by Gasteiger charge is 2.05. The zero-order valence-electron chi connectivity index (χ0n) is 10.4. The van der Waals surface area contributed by atoms with E-state index in [1.807, 2.05) is 18.2 Å². The summed E-state index contributed by atoms with van der Waals surface area (Å²) >= 11 is 0. The maximum absolute atomic E-state index is 5.92. The maximum Gasteiger partial charge on any atom is 0.121 e. The van der Waals surface area contributed by atoms with Crippen LogP contribution in [0.25, 0.3) is 0 Å². The molecular formula is C13H22N2O. The Kier molecular flexibility index (Phi) is 4.96. The van der Waals surface area contributed by atoms with Crippen LogP contribution in [0.15, 0.2) is 18.2 Å². The molecule has 3 nitrogen and oxygen atoms in total. The van der Waals surface area contributed by atoms with Gasteiger partial charge in [-0.15, -0.1) is 0 Å². The first-order valence-electron chi connectivity index (χ1n) is 5.88. The summed E-state index contributed by atoms with van der Waals surface area (Å²) in [6, 6.07) is 5.73. The summed E-state index contributed by atoms with van der Waals surface area (Å²) in [5.74, 6) is 1.51. The van der Waals surface area contributed by atoms with E-state index >= 15 is 0 Å². The van der Waals surface area contributed by atoms with Crippen LogP contribution in [0.2, 0.25) is 0 Å². The molecule has 0 spiro atoms. The summed E-state index contributed by atoms with van der Waals surface area (Å²) in [5, 5.41) is 3.39. The number of rotatable bonds is 6. The van der Waals surface area contributed by atoms with Crippen molar-refractivity contribution in [1.29, 1.82) is 0 Å². The molecule has 1 aromatic rings. The third kappa shape index (κ3) is 3.33. The molecule has 16 heavy (non-hydrogen) atoms. The monoisotopic (exact) mass is 222 g/mol. The second-order valence-corrected chi connectivity index (χ2v) is 4.02. The Balaban J connectivity index is 2.60. The highest BCUT2D eigenvalue weighted by atomic mass is 16.5. The fourth-order valence-corrected chi connectivity index (χ4v) is 1.66. The molecule has 0 atom stereocenters. The molecule has 0 aliphatic heterocycles. The number of ether oxygens (including phenoxy) is 1. The Labute approximate surface area is 98.0 Å². The second-order valence-electron chi connectivity index (χ2n) is 4.02. The molecule has 0 aliphatic rings. The van der Waals surface area contributed by atoms with Crippen molar-refractivity contribution in [2.24, 2.45) is 5.92 Å². The molecule has 0 aliphatic carbocycles. The Bertz CT molecular complexity index is 322. The molecule has 0 bridgehead atoms. The van der Waals surface area contributed by atoms with E-state index in [4.69, 9.17) is 10.5 Å². The molecule has 0 amide bonds. The molecule has 0 radical (unpaired) electrons. The highest BCUT2D eigenvalue weighted by Crippen LogP contribution is 2.24. The molecular weight excluding hydrogens is 200 g/mol. The molecule has 1 aromatic carbocycles. The lowest BCUT2D eigenvalue weighted by Gasteiger charge is -2.16. The number of hydrogen-bond acceptors (Lipinski definition) is 3. The van der Waals surface area contributed by atoms with Gasteiger partial charge in [-0.25, -0.2) is 0 Å². The van der Waals surface area contributed by atoms with Gasteiger partial charge in [0.2, 0.25) is 0 Å². The Morgan fingerprint density at radius 2 is 2.00 bits per heavy atom. The minimum atomic E-state index is 0.710. The van der Waals surface area contributed by atoms with E-state index in [0.29, 0.717) is 5.92 Å². The van der Waals surface area contributed by atoms with Crippen molar-refractivity contribution in [2.75, 3.05) is 24.7 Å². The van der Waals surface area contributed by atoms with Crippen molar-refractivity contribution in [1.82, 2.24) is 0 Å². The first-order valence-corrected chi connectivity index (χ1v) is 5.88. The van der Waals surface area contributed by atoms with Crippen LogP contribution in [0.1, 0.15) is 26.7 Å². The Morgan fingerprint density at radius 3 is 2.50 bits per heavy atom. The summed E-state index contributed by atoms with van der Waals surface area (Å²) in [5.41, 5.74) is 7.66. The number of hydrogen-bond donors (Lipinski definition) is 2. The summed E-state index contributed by atoms with van der Waals surface area (Å²) in [6.45, 7) is 5.41. The van der Waals surface area contributed by atoms with E-state index in [1.165, 1.54) is 12.8 Å². The summed E-state index contributed by atoms with van der Waals surface area (Å²) in [7, 11) is 1.64. The molecule has 0 heterocycles. The summed E-state index contributed by atoms with van der Waals surface area (Å²) in [6.07, 6.45) is 2.39. The van der Waals surface area contributed by atoms with E-state index in [2.05, 4.69) is 19.2 Å². The van der Waals surface area contributed by atoms with Crippen LogP contribution in [0.5, 0.6) is 5.75 Å². The molecule has 3 N–H and O–H groups in total. The van der Waals surface area contributed by atoms with Gasteiger partial charge in [0.05, 0.1) is 18.5 Å². The zero-order valence-corrected chi connectivity index (χ0v) is 10.4. The standard InChI is InChI=1S/C13H22N2O/c1-4-10(5-2)9-15-13-7-6-11(16-3)8-12(13)14/h6-8,10,15H,4-5,9,14H2,1-3H3. The quantitative estimate of drug-likeness (QED) is 0.727. The van der Waals surface area contributed by atoms with Crippen molar-refractivity contribution in [3.05, 3.63) is 18.2 Å². The maximum atomic E-state index is 5.92. The van der Waals surface area contributed by atoms with Crippen molar-refractivity contribution in [2.45, 2.75) is 26.7 Å². The van der Waals surface area contributed by atoms with Crippen LogP contribution in [-0.4, -0.2) is 13.7 Å². The van der Waals surface area contributed by atoms with Gasteiger partial charge in [0.1, 0.15) is 5.75 Å². The van der Waals surface area contributed by atoms with Gasteiger partial charge in [0, 0.05) is 12.6 Å². The first kappa shape index (κ1) is 12.7. The molecule has 0 unspecified atom stereocenters. The van der Waals surface area contributed by atoms with Gasteiger partial charge in [0.15, 0.2) is 0 Å². The van der Waals surface area contributed by atoms with Crippen LogP contribution in [-0.2, 0) is 0 Å². The van der Waals surface area contributed by atoms with Gasteiger partial charge >= 0.3 is 0 Å². The number of anilines is 2. The summed E-state index contributed by atoms with van der Waals surface area (Å²) < 4.78 is 5.11. The zero-order chi connectivity index (χ0) is 12.0. The van der Waals surface area contributed by atoms with E-state index in [0.717, 1.165) is 23.7 Å². The van der Waals surface area contributed by atoms with Crippen LogP contribution in [0.4, 0.5) is 11.4 Å². The van der Waals surface area contributed by atoms with E-state index < -0.39 is 0 Å². The van der Waals surface area contributed by atoms with Crippen LogP contribution >= 0.6 is 0 Å². The fourth-order valence-electron chi connectivity index (χ4n) is 1.66. The number of nitrogens with one attached hydrogen (secondary N) is 1. The molecule has 3 heteroatoms.